The number of pyridine rings is 1. The molecule has 0 aliphatic carbocycles. The van der Waals surface area contributed by atoms with E-state index in [4.69, 9.17) is 9.47 Å². The second kappa shape index (κ2) is 5.43. The number of carbonyl (C=O) groups is 1. The van der Waals surface area contributed by atoms with E-state index in [0.29, 0.717) is 12.0 Å². The van der Waals surface area contributed by atoms with E-state index in [1.807, 2.05) is 0 Å². The van der Waals surface area contributed by atoms with Gasteiger partial charge in [0.15, 0.2) is 12.0 Å². The number of aldehydes is 1. The Morgan fingerprint density at radius 1 is 1.21 bits per heavy atom. The lowest BCUT2D eigenvalue weighted by molar-refractivity contribution is 0.112. The van der Waals surface area contributed by atoms with E-state index in [0.717, 1.165) is 6.20 Å². The fourth-order valence-corrected chi connectivity index (χ4v) is 1.48. The number of carbonyl (C=O) groups excluding carboxylic acids is 1. The molecule has 19 heavy (non-hydrogen) atoms. The maximum Gasteiger partial charge on any atom is 0.252 e. The Labute approximate surface area is 107 Å². The molecule has 0 unspecified atom stereocenters. The van der Waals surface area contributed by atoms with Gasteiger partial charge in [-0.3, -0.25) is 4.79 Å². The zero-order valence-corrected chi connectivity index (χ0v) is 9.89. The molecule has 98 valence electrons. The molecule has 0 saturated heterocycles. The van der Waals surface area contributed by atoms with E-state index in [1.165, 1.54) is 31.4 Å². The van der Waals surface area contributed by atoms with Gasteiger partial charge in [-0.1, -0.05) is 0 Å². The summed E-state index contributed by atoms with van der Waals surface area (Å²) in [7, 11) is 1.42. The molecule has 6 heteroatoms. The normalized spacial score (nSPS) is 10.1. The lowest BCUT2D eigenvalue weighted by atomic mass is 10.2. The van der Waals surface area contributed by atoms with Crippen LogP contribution in [0.25, 0.3) is 0 Å². The highest BCUT2D eigenvalue weighted by Gasteiger charge is 2.12. The van der Waals surface area contributed by atoms with Crippen molar-refractivity contribution in [1.82, 2.24) is 4.98 Å². The summed E-state index contributed by atoms with van der Waals surface area (Å²) in [5, 5.41) is 0. The van der Waals surface area contributed by atoms with Crippen LogP contribution in [0, 0.1) is 11.8 Å². The first-order valence-corrected chi connectivity index (χ1v) is 5.26. The summed E-state index contributed by atoms with van der Waals surface area (Å²) < 4.78 is 36.4. The van der Waals surface area contributed by atoms with E-state index >= 15 is 0 Å². The first kappa shape index (κ1) is 12.9. The fraction of sp³-hybridized carbons (Fsp3) is 0.0769. The standard InChI is InChI=1S/C13H9F2NO3/c1-18-10-3-2-9(6-8(10)7-17)19-11-4-5-16-13(15)12(11)14/h2-7H,1H3. The lowest BCUT2D eigenvalue weighted by Gasteiger charge is -2.09. The Morgan fingerprint density at radius 2 is 2.00 bits per heavy atom. The van der Waals surface area contributed by atoms with Gasteiger partial charge in [0.05, 0.1) is 12.7 Å². The molecule has 0 aliphatic heterocycles. The molecule has 4 nitrogen and oxygen atoms in total. The van der Waals surface area contributed by atoms with Crippen LogP contribution in [0.15, 0.2) is 30.5 Å². The minimum absolute atomic E-state index is 0.187. The van der Waals surface area contributed by atoms with Gasteiger partial charge in [0, 0.05) is 12.3 Å². The van der Waals surface area contributed by atoms with Crippen LogP contribution < -0.4 is 9.47 Å². The summed E-state index contributed by atoms with van der Waals surface area (Å²) >= 11 is 0. The molecule has 1 heterocycles. The highest BCUT2D eigenvalue weighted by molar-refractivity contribution is 5.80. The lowest BCUT2D eigenvalue weighted by Crippen LogP contribution is -1.96. The van der Waals surface area contributed by atoms with E-state index in [9.17, 15) is 13.6 Å². The van der Waals surface area contributed by atoms with Crippen LogP contribution in [-0.4, -0.2) is 18.4 Å². The second-order valence-electron chi connectivity index (χ2n) is 3.54. The minimum atomic E-state index is -1.25. The third-order valence-electron chi connectivity index (χ3n) is 2.37. The van der Waals surface area contributed by atoms with E-state index in [2.05, 4.69) is 4.98 Å². The Morgan fingerprint density at radius 3 is 2.68 bits per heavy atom. The summed E-state index contributed by atoms with van der Waals surface area (Å²) in [6, 6.07) is 5.52. The van der Waals surface area contributed by atoms with Crippen molar-refractivity contribution in [3.8, 4) is 17.2 Å². The van der Waals surface area contributed by atoms with Crippen LogP contribution in [-0.2, 0) is 0 Å². The van der Waals surface area contributed by atoms with Crippen molar-refractivity contribution in [3.05, 3.63) is 47.8 Å². The van der Waals surface area contributed by atoms with Crippen LogP contribution in [0.3, 0.4) is 0 Å². The predicted octanol–water partition coefficient (Wildman–Crippen LogP) is 2.97. The summed E-state index contributed by atoms with van der Waals surface area (Å²) in [6.07, 6.45) is 1.66. The number of nitrogens with zero attached hydrogens (tertiary/aromatic N) is 1. The van der Waals surface area contributed by atoms with Crippen LogP contribution in [0.1, 0.15) is 10.4 Å². The van der Waals surface area contributed by atoms with E-state index in [-0.39, 0.29) is 17.1 Å². The molecule has 0 spiro atoms. The van der Waals surface area contributed by atoms with Gasteiger partial charge >= 0.3 is 0 Å². The van der Waals surface area contributed by atoms with Crippen molar-refractivity contribution in [1.29, 1.82) is 0 Å². The maximum atomic E-state index is 13.4. The molecule has 2 aromatic rings. The molecule has 0 bridgehead atoms. The molecule has 0 amide bonds. The van der Waals surface area contributed by atoms with Crippen LogP contribution in [0.5, 0.6) is 17.2 Å². The topological polar surface area (TPSA) is 48.4 Å². The summed E-state index contributed by atoms with van der Waals surface area (Å²) in [5.41, 5.74) is 0.245. The fourth-order valence-electron chi connectivity index (χ4n) is 1.48. The number of rotatable bonds is 4. The van der Waals surface area contributed by atoms with Crippen molar-refractivity contribution in [3.63, 3.8) is 0 Å². The van der Waals surface area contributed by atoms with E-state index in [1.54, 1.807) is 0 Å². The highest BCUT2D eigenvalue weighted by atomic mass is 19.2. The molecule has 0 atom stereocenters. The molecular formula is C13H9F2NO3. The van der Waals surface area contributed by atoms with Gasteiger partial charge in [-0.25, -0.2) is 4.98 Å². The van der Waals surface area contributed by atoms with Gasteiger partial charge in [0.25, 0.3) is 5.95 Å². The number of methoxy groups -OCH3 is 1. The second-order valence-corrected chi connectivity index (χ2v) is 3.54. The first-order valence-electron chi connectivity index (χ1n) is 5.26. The molecule has 0 saturated carbocycles. The number of halogens is 2. The predicted molar refractivity (Wildman–Crippen MR) is 62.6 cm³/mol. The molecule has 2 rings (SSSR count). The highest BCUT2D eigenvalue weighted by Crippen LogP contribution is 2.28. The Balaban J connectivity index is 2.33. The molecule has 1 aromatic carbocycles. The average Bonchev–Trinajstić information content (AvgIpc) is 2.43. The number of hydrogen-bond acceptors (Lipinski definition) is 4. The first-order chi connectivity index (χ1) is 9.15. The minimum Gasteiger partial charge on any atom is -0.496 e. The Bertz CT molecular complexity index is 617. The summed E-state index contributed by atoms with van der Waals surface area (Å²) in [6.45, 7) is 0. The van der Waals surface area contributed by atoms with Gasteiger partial charge in [0.1, 0.15) is 11.5 Å². The third kappa shape index (κ3) is 2.67. The average molecular weight is 265 g/mol. The largest absolute Gasteiger partial charge is 0.496 e. The van der Waals surface area contributed by atoms with Crippen molar-refractivity contribution in [2.75, 3.05) is 7.11 Å². The van der Waals surface area contributed by atoms with Crippen LogP contribution in [0.2, 0.25) is 0 Å². The summed E-state index contributed by atoms with van der Waals surface area (Å²) in [5.74, 6) is -2.20. The number of aromatic nitrogens is 1. The smallest absolute Gasteiger partial charge is 0.252 e. The van der Waals surface area contributed by atoms with Crippen LogP contribution >= 0.6 is 0 Å². The van der Waals surface area contributed by atoms with E-state index < -0.39 is 11.8 Å². The number of benzene rings is 1. The quantitative estimate of drug-likeness (QED) is 0.630. The summed E-state index contributed by atoms with van der Waals surface area (Å²) in [4.78, 5) is 14.0. The van der Waals surface area contributed by atoms with Gasteiger partial charge in [-0.05, 0) is 18.2 Å². The van der Waals surface area contributed by atoms with Gasteiger partial charge in [-0.15, -0.1) is 0 Å². The van der Waals surface area contributed by atoms with Crippen molar-refractivity contribution in [2.45, 2.75) is 0 Å². The van der Waals surface area contributed by atoms with Crippen molar-refractivity contribution >= 4 is 6.29 Å². The van der Waals surface area contributed by atoms with Crippen LogP contribution in [0.4, 0.5) is 8.78 Å². The molecule has 1 aromatic heterocycles. The zero-order valence-electron chi connectivity index (χ0n) is 9.89. The maximum absolute atomic E-state index is 13.4. The molecular weight excluding hydrogens is 256 g/mol. The van der Waals surface area contributed by atoms with Gasteiger partial charge in [0.2, 0.25) is 5.82 Å². The number of ether oxygens (including phenoxy) is 2. The monoisotopic (exact) mass is 265 g/mol. The molecule has 0 radical (unpaired) electrons. The van der Waals surface area contributed by atoms with Crippen molar-refractivity contribution in [2.24, 2.45) is 0 Å². The van der Waals surface area contributed by atoms with Gasteiger partial charge in [-0.2, -0.15) is 8.78 Å². The third-order valence-corrected chi connectivity index (χ3v) is 2.37. The Kier molecular flexibility index (Phi) is 3.70. The SMILES string of the molecule is COc1ccc(Oc2ccnc(F)c2F)cc1C=O. The molecule has 0 aliphatic rings. The zero-order chi connectivity index (χ0) is 13.8. The number of hydrogen-bond donors (Lipinski definition) is 0. The Hall–Kier alpha value is -2.50. The van der Waals surface area contributed by atoms with Crippen molar-refractivity contribution < 1.29 is 23.0 Å². The van der Waals surface area contributed by atoms with Gasteiger partial charge < -0.3 is 9.47 Å². The molecule has 0 fully saturated rings. The molecule has 0 N–H and O–H groups in total.